The Kier molecular flexibility index (Phi) is 4.64. The smallest absolute Gasteiger partial charge is 0.0612 e. The van der Waals surface area contributed by atoms with Gasteiger partial charge in [0.05, 0.1) is 10.0 Å². The first-order chi connectivity index (χ1) is 12.6. The zero-order chi connectivity index (χ0) is 18.1. The van der Waals surface area contributed by atoms with Crippen molar-refractivity contribution in [1.29, 1.82) is 0 Å². The van der Waals surface area contributed by atoms with Gasteiger partial charge >= 0.3 is 0 Å². The second-order valence-electron chi connectivity index (χ2n) is 6.12. The average Bonchev–Trinajstić information content (AvgIpc) is 3.00. The third-order valence-electron chi connectivity index (χ3n) is 4.28. The van der Waals surface area contributed by atoms with Crippen LogP contribution in [0.5, 0.6) is 0 Å². The van der Waals surface area contributed by atoms with Crippen molar-refractivity contribution in [3.05, 3.63) is 64.6 Å². The van der Waals surface area contributed by atoms with E-state index in [1.807, 2.05) is 18.2 Å². The van der Waals surface area contributed by atoms with Gasteiger partial charge < -0.3 is 21.4 Å². The van der Waals surface area contributed by atoms with E-state index in [2.05, 4.69) is 45.9 Å². The molecule has 26 heavy (non-hydrogen) atoms. The number of hydrogen-bond acceptors (Lipinski definition) is 3. The van der Waals surface area contributed by atoms with Crippen molar-refractivity contribution >= 4 is 62.1 Å². The van der Waals surface area contributed by atoms with Crippen LogP contribution in [0.1, 0.15) is 0 Å². The fourth-order valence-corrected chi connectivity index (χ4v) is 3.34. The van der Waals surface area contributed by atoms with Gasteiger partial charge in [0.25, 0.3) is 0 Å². The highest BCUT2D eigenvalue weighted by molar-refractivity contribution is 6.42. The van der Waals surface area contributed by atoms with Crippen LogP contribution >= 0.6 is 23.2 Å². The lowest BCUT2D eigenvalue weighted by Gasteiger charge is -2.08. The third kappa shape index (κ3) is 3.31. The third-order valence-corrected chi connectivity index (χ3v) is 5.02. The minimum absolute atomic E-state index is 0.528. The molecule has 0 unspecified atom stereocenters. The van der Waals surface area contributed by atoms with Crippen molar-refractivity contribution in [2.45, 2.75) is 0 Å². The highest BCUT2D eigenvalue weighted by Gasteiger charge is 2.07. The van der Waals surface area contributed by atoms with Crippen LogP contribution in [0.3, 0.4) is 0 Å². The van der Waals surface area contributed by atoms with Gasteiger partial charge in [-0.3, -0.25) is 0 Å². The summed E-state index contributed by atoms with van der Waals surface area (Å²) in [5, 5.41) is 10.1. The summed E-state index contributed by atoms with van der Waals surface area (Å²) in [4.78, 5) is 3.45. The first kappa shape index (κ1) is 17.0. The van der Waals surface area contributed by atoms with Gasteiger partial charge in [0.1, 0.15) is 0 Å². The average molecular weight is 385 g/mol. The molecule has 0 aliphatic carbocycles. The molecule has 1 heterocycles. The minimum atomic E-state index is 0.528. The number of H-pyrrole nitrogens is 1. The lowest BCUT2D eigenvalue weighted by molar-refractivity contribution is 1.02. The molecule has 0 saturated heterocycles. The zero-order valence-electron chi connectivity index (χ0n) is 13.9. The van der Waals surface area contributed by atoms with E-state index in [0.717, 1.165) is 40.0 Å². The number of fused-ring (bicyclic) bond motifs is 3. The van der Waals surface area contributed by atoms with Gasteiger partial charge in [0.2, 0.25) is 0 Å². The van der Waals surface area contributed by atoms with Crippen molar-refractivity contribution in [2.24, 2.45) is 5.73 Å². The number of benzene rings is 3. The van der Waals surface area contributed by atoms with Gasteiger partial charge in [-0.1, -0.05) is 23.2 Å². The maximum atomic E-state index is 6.10. The molecule has 6 heteroatoms. The molecule has 0 saturated carbocycles. The molecule has 0 atom stereocenters. The van der Waals surface area contributed by atoms with Crippen LogP contribution in [0.4, 0.5) is 17.1 Å². The molecular formula is C20H18Cl2N4. The number of aromatic nitrogens is 1. The number of halogens is 2. The zero-order valence-corrected chi connectivity index (χ0v) is 15.5. The minimum Gasteiger partial charge on any atom is -0.384 e. The largest absolute Gasteiger partial charge is 0.384 e. The Labute approximate surface area is 161 Å². The topological polar surface area (TPSA) is 65.9 Å². The summed E-state index contributed by atoms with van der Waals surface area (Å²) >= 11 is 12.1. The fourth-order valence-electron chi connectivity index (χ4n) is 3.04. The molecule has 0 fully saturated rings. The molecule has 4 aromatic rings. The Morgan fingerprint density at radius 2 is 1.38 bits per heavy atom. The van der Waals surface area contributed by atoms with E-state index in [4.69, 9.17) is 28.9 Å². The Balaban J connectivity index is 1.72. The summed E-state index contributed by atoms with van der Waals surface area (Å²) in [6.07, 6.45) is 0. The molecule has 0 aliphatic heterocycles. The second-order valence-corrected chi connectivity index (χ2v) is 6.93. The lowest BCUT2D eigenvalue weighted by Crippen LogP contribution is -2.12. The summed E-state index contributed by atoms with van der Waals surface area (Å²) in [5.74, 6) is 0. The molecule has 0 aliphatic rings. The molecule has 5 N–H and O–H groups in total. The number of nitrogens with two attached hydrogens (primary N) is 1. The quantitative estimate of drug-likeness (QED) is 0.354. The second kappa shape index (κ2) is 7.08. The van der Waals surface area contributed by atoms with E-state index in [1.165, 1.54) is 5.39 Å². The van der Waals surface area contributed by atoms with Gasteiger partial charge in [0, 0.05) is 52.0 Å². The molecule has 0 amide bonds. The van der Waals surface area contributed by atoms with Crippen molar-refractivity contribution in [2.75, 3.05) is 23.7 Å². The van der Waals surface area contributed by atoms with Crippen LogP contribution in [0.15, 0.2) is 54.6 Å². The van der Waals surface area contributed by atoms with Crippen LogP contribution < -0.4 is 16.4 Å². The van der Waals surface area contributed by atoms with Crippen LogP contribution in [0.2, 0.25) is 10.0 Å². The Bertz CT molecular complexity index is 1090. The molecule has 3 aromatic carbocycles. The predicted molar refractivity (Wildman–Crippen MR) is 113 cm³/mol. The molecule has 0 spiro atoms. The van der Waals surface area contributed by atoms with Gasteiger partial charge in [0.15, 0.2) is 0 Å². The SMILES string of the molecule is NCCNc1ccc2[nH]c3ccc(Nc4ccc(Cl)c(Cl)c4)cc3c2c1. The van der Waals surface area contributed by atoms with Crippen molar-refractivity contribution in [3.8, 4) is 0 Å². The number of nitrogens with one attached hydrogen (secondary N) is 3. The van der Waals surface area contributed by atoms with Gasteiger partial charge in [-0.05, 0) is 54.6 Å². The Hall–Kier alpha value is -2.40. The first-order valence-electron chi connectivity index (χ1n) is 8.35. The summed E-state index contributed by atoms with van der Waals surface area (Å²) in [7, 11) is 0. The van der Waals surface area contributed by atoms with Crippen LogP contribution in [-0.2, 0) is 0 Å². The van der Waals surface area contributed by atoms with Gasteiger partial charge in [-0.15, -0.1) is 0 Å². The van der Waals surface area contributed by atoms with E-state index in [-0.39, 0.29) is 0 Å². The van der Waals surface area contributed by atoms with E-state index in [1.54, 1.807) is 6.07 Å². The highest BCUT2D eigenvalue weighted by atomic mass is 35.5. The number of hydrogen-bond donors (Lipinski definition) is 4. The summed E-state index contributed by atoms with van der Waals surface area (Å²) in [5.41, 5.74) is 10.7. The molecular weight excluding hydrogens is 367 g/mol. The van der Waals surface area contributed by atoms with E-state index in [9.17, 15) is 0 Å². The predicted octanol–water partition coefficient (Wildman–Crippen LogP) is 5.74. The monoisotopic (exact) mass is 384 g/mol. The highest BCUT2D eigenvalue weighted by Crippen LogP contribution is 2.32. The number of anilines is 3. The molecule has 1 aromatic heterocycles. The van der Waals surface area contributed by atoms with Crippen molar-refractivity contribution in [1.82, 2.24) is 4.98 Å². The van der Waals surface area contributed by atoms with E-state index in [0.29, 0.717) is 16.6 Å². The Morgan fingerprint density at radius 1 is 0.769 bits per heavy atom. The fraction of sp³-hybridized carbons (Fsp3) is 0.100. The van der Waals surface area contributed by atoms with Crippen LogP contribution in [0.25, 0.3) is 21.8 Å². The standard InChI is InChI=1S/C20H18Cl2N4/c21-17-4-1-14(11-18(17)22)25-13-3-6-20-16(10-13)15-9-12(24-8-7-23)2-5-19(15)26-20/h1-6,9-11,24-26H,7-8,23H2. The van der Waals surface area contributed by atoms with Crippen molar-refractivity contribution < 1.29 is 0 Å². The Morgan fingerprint density at radius 3 is 2.08 bits per heavy atom. The lowest BCUT2D eigenvalue weighted by atomic mass is 10.1. The van der Waals surface area contributed by atoms with Gasteiger partial charge in [-0.2, -0.15) is 0 Å². The number of rotatable bonds is 5. The molecule has 132 valence electrons. The number of aromatic amines is 1. The van der Waals surface area contributed by atoms with E-state index < -0.39 is 0 Å². The first-order valence-corrected chi connectivity index (χ1v) is 9.11. The van der Waals surface area contributed by atoms with E-state index >= 15 is 0 Å². The van der Waals surface area contributed by atoms with Crippen LogP contribution in [0, 0.1) is 0 Å². The summed E-state index contributed by atoms with van der Waals surface area (Å²) < 4.78 is 0. The van der Waals surface area contributed by atoms with Crippen molar-refractivity contribution in [3.63, 3.8) is 0 Å². The maximum absolute atomic E-state index is 6.10. The maximum Gasteiger partial charge on any atom is 0.0612 e. The van der Waals surface area contributed by atoms with Crippen LogP contribution in [-0.4, -0.2) is 18.1 Å². The summed E-state index contributed by atoms with van der Waals surface area (Å²) in [6, 6.07) is 18.0. The molecule has 0 radical (unpaired) electrons. The summed E-state index contributed by atoms with van der Waals surface area (Å²) in [6.45, 7) is 1.35. The van der Waals surface area contributed by atoms with Gasteiger partial charge in [-0.25, -0.2) is 0 Å². The molecule has 0 bridgehead atoms. The molecule has 4 nitrogen and oxygen atoms in total. The normalized spacial score (nSPS) is 11.2. The molecule has 4 rings (SSSR count).